The van der Waals surface area contributed by atoms with Crippen LogP contribution in [0.1, 0.15) is 42.3 Å². The highest BCUT2D eigenvalue weighted by Gasteiger charge is 2.20. The third kappa shape index (κ3) is 2.80. The fourth-order valence-corrected chi connectivity index (χ4v) is 3.06. The molecule has 0 radical (unpaired) electrons. The number of anilines is 1. The fourth-order valence-electron chi connectivity index (χ4n) is 2.64. The first-order chi connectivity index (χ1) is 11.3. The van der Waals surface area contributed by atoms with Gasteiger partial charge in [0, 0.05) is 11.2 Å². The lowest BCUT2D eigenvalue weighted by atomic mass is 10.1. The molecule has 3 rings (SSSR count). The van der Waals surface area contributed by atoms with Crippen LogP contribution in [0.4, 0.5) is 5.95 Å². The van der Waals surface area contributed by atoms with E-state index in [2.05, 4.69) is 20.1 Å². The molecule has 3 aromatic rings. The predicted molar refractivity (Wildman–Crippen MR) is 96.7 cm³/mol. The Hall–Kier alpha value is -1.92. The van der Waals surface area contributed by atoms with Gasteiger partial charge in [-0.05, 0) is 30.9 Å². The van der Waals surface area contributed by atoms with Crippen LogP contribution in [0.15, 0.2) is 6.20 Å². The van der Waals surface area contributed by atoms with Crippen LogP contribution in [-0.2, 0) is 6.54 Å². The number of nitrogens with two attached hydrogens (primary N) is 1. The van der Waals surface area contributed by atoms with Crippen LogP contribution >= 0.6 is 23.2 Å². The lowest BCUT2D eigenvalue weighted by Gasteiger charge is -2.09. The Bertz CT molecular complexity index is 932. The van der Waals surface area contributed by atoms with E-state index in [1.54, 1.807) is 10.9 Å². The molecule has 0 saturated heterocycles. The van der Waals surface area contributed by atoms with Gasteiger partial charge >= 0.3 is 0 Å². The van der Waals surface area contributed by atoms with Crippen molar-refractivity contribution in [3.63, 3.8) is 0 Å². The quantitative estimate of drug-likeness (QED) is 0.712. The van der Waals surface area contributed by atoms with E-state index in [9.17, 15) is 0 Å². The minimum absolute atomic E-state index is 0.121. The third-order valence-electron chi connectivity index (χ3n) is 3.96. The molecular weight excluding hydrogens is 347 g/mol. The molecule has 0 atom stereocenters. The summed E-state index contributed by atoms with van der Waals surface area (Å²) in [5.74, 6) is 0.296. The fraction of sp³-hybridized carbons (Fsp3) is 0.375. The van der Waals surface area contributed by atoms with Gasteiger partial charge in [-0.1, -0.05) is 37.0 Å². The lowest BCUT2D eigenvalue weighted by Crippen LogP contribution is -2.08. The first-order valence-corrected chi connectivity index (χ1v) is 8.35. The maximum atomic E-state index is 6.34. The van der Waals surface area contributed by atoms with E-state index in [4.69, 9.17) is 28.9 Å². The second-order valence-corrected chi connectivity index (χ2v) is 6.83. The molecule has 3 heterocycles. The minimum atomic E-state index is 0.121. The molecule has 2 N–H and O–H groups in total. The minimum Gasteiger partial charge on any atom is -0.368 e. The standard InChI is InChI=1S/C16H18Cl2N6/c1-7(2)13-11-14(18)21-16(19)22-15(11)24(23-13)6-10-9(4)12(17)8(3)5-20-10/h5,7H,6H2,1-4H3,(H2,19,21,22). The zero-order chi connectivity index (χ0) is 17.6. The van der Waals surface area contributed by atoms with Gasteiger partial charge in [0.25, 0.3) is 0 Å². The smallest absolute Gasteiger partial charge is 0.223 e. The average molecular weight is 365 g/mol. The normalized spacial score (nSPS) is 11.6. The Balaban J connectivity index is 2.19. The van der Waals surface area contributed by atoms with Gasteiger partial charge in [0.1, 0.15) is 5.15 Å². The topological polar surface area (TPSA) is 82.5 Å². The Morgan fingerprint density at radius 3 is 2.58 bits per heavy atom. The SMILES string of the molecule is Cc1cnc(Cn2nc(C(C)C)c3c(Cl)nc(N)nc32)c(C)c1Cl. The maximum Gasteiger partial charge on any atom is 0.223 e. The Kier molecular flexibility index (Phi) is 4.36. The number of nitrogens with zero attached hydrogens (tertiary/aromatic N) is 5. The predicted octanol–water partition coefficient (Wildman–Crippen LogP) is 3.90. The van der Waals surface area contributed by atoms with Crippen LogP contribution in [0.25, 0.3) is 11.0 Å². The lowest BCUT2D eigenvalue weighted by molar-refractivity contribution is 0.656. The third-order valence-corrected chi connectivity index (χ3v) is 4.82. The number of fused-ring (bicyclic) bond motifs is 1. The molecule has 0 amide bonds. The largest absolute Gasteiger partial charge is 0.368 e. The molecule has 126 valence electrons. The van der Waals surface area contributed by atoms with Crippen molar-refractivity contribution in [1.29, 1.82) is 0 Å². The van der Waals surface area contributed by atoms with Crippen LogP contribution < -0.4 is 5.73 Å². The zero-order valence-electron chi connectivity index (χ0n) is 13.9. The second kappa shape index (κ2) is 6.18. The van der Waals surface area contributed by atoms with E-state index >= 15 is 0 Å². The first-order valence-electron chi connectivity index (χ1n) is 7.59. The van der Waals surface area contributed by atoms with Gasteiger partial charge in [0.15, 0.2) is 5.65 Å². The van der Waals surface area contributed by atoms with Crippen molar-refractivity contribution >= 4 is 40.2 Å². The number of hydrogen-bond donors (Lipinski definition) is 1. The number of nitrogen functional groups attached to an aromatic ring is 1. The number of aryl methyl sites for hydroxylation is 1. The summed E-state index contributed by atoms with van der Waals surface area (Å²) in [5.41, 5.74) is 9.91. The summed E-state index contributed by atoms with van der Waals surface area (Å²) in [5, 5.41) is 6.44. The number of halogens is 2. The summed E-state index contributed by atoms with van der Waals surface area (Å²) in [7, 11) is 0. The molecule has 0 aliphatic carbocycles. The highest BCUT2D eigenvalue weighted by molar-refractivity contribution is 6.34. The Morgan fingerprint density at radius 2 is 1.92 bits per heavy atom. The molecule has 8 heteroatoms. The van der Waals surface area contributed by atoms with Crippen molar-refractivity contribution in [2.24, 2.45) is 0 Å². The summed E-state index contributed by atoms with van der Waals surface area (Å²) in [6, 6.07) is 0. The van der Waals surface area contributed by atoms with Gasteiger partial charge in [0.2, 0.25) is 5.95 Å². The number of rotatable bonds is 3. The molecule has 0 bridgehead atoms. The molecule has 3 aromatic heterocycles. The van der Waals surface area contributed by atoms with Crippen molar-refractivity contribution in [2.75, 3.05) is 5.73 Å². The number of aromatic nitrogens is 5. The summed E-state index contributed by atoms with van der Waals surface area (Å²) >= 11 is 12.6. The van der Waals surface area contributed by atoms with Gasteiger partial charge in [-0.3, -0.25) is 4.98 Å². The van der Waals surface area contributed by atoms with Crippen LogP contribution in [0, 0.1) is 13.8 Å². The van der Waals surface area contributed by atoms with E-state index in [-0.39, 0.29) is 11.9 Å². The summed E-state index contributed by atoms with van der Waals surface area (Å²) in [4.78, 5) is 12.9. The van der Waals surface area contributed by atoms with Gasteiger partial charge < -0.3 is 5.73 Å². The second-order valence-electron chi connectivity index (χ2n) is 6.10. The van der Waals surface area contributed by atoms with E-state index < -0.39 is 0 Å². The average Bonchev–Trinajstić information content (AvgIpc) is 2.87. The first kappa shape index (κ1) is 16.9. The summed E-state index contributed by atoms with van der Waals surface area (Å²) < 4.78 is 1.76. The van der Waals surface area contributed by atoms with E-state index in [0.717, 1.165) is 27.9 Å². The molecule has 0 aromatic carbocycles. The van der Waals surface area contributed by atoms with Crippen molar-refractivity contribution in [3.05, 3.63) is 38.9 Å². The Morgan fingerprint density at radius 1 is 1.21 bits per heavy atom. The van der Waals surface area contributed by atoms with Crippen LogP contribution in [-0.4, -0.2) is 24.7 Å². The van der Waals surface area contributed by atoms with Gasteiger partial charge in [0.05, 0.1) is 23.3 Å². The number of hydrogen-bond acceptors (Lipinski definition) is 5. The van der Waals surface area contributed by atoms with E-state index in [0.29, 0.717) is 22.4 Å². The molecule has 0 aliphatic rings. The monoisotopic (exact) mass is 364 g/mol. The van der Waals surface area contributed by atoms with Gasteiger partial charge in [-0.15, -0.1) is 0 Å². The molecule has 6 nitrogen and oxygen atoms in total. The van der Waals surface area contributed by atoms with Crippen molar-refractivity contribution < 1.29 is 0 Å². The molecule has 0 spiro atoms. The highest BCUT2D eigenvalue weighted by atomic mass is 35.5. The number of pyridine rings is 1. The van der Waals surface area contributed by atoms with Gasteiger partial charge in [-0.25, -0.2) is 9.67 Å². The Labute approximate surface area is 150 Å². The zero-order valence-corrected chi connectivity index (χ0v) is 15.4. The van der Waals surface area contributed by atoms with Crippen molar-refractivity contribution in [2.45, 2.75) is 40.2 Å². The summed E-state index contributed by atoms with van der Waals surface area (Å²) in [6.07, 6.45) is 1.76. The van der Waals surface area contributed by atoms with Crippen LogP contribution in [0.3, 0.4) is 0 Å². The van der Waals surface area contributed by atoms with E-state index in [1.165, 1.54) is 0 Å². The molecule has 0 unspecified atom stereocenters. The van der Waals surface area contributed by atoms with Crippen LogP contribution in [0.2, 0.25) is 10.2 Å². The van der Waals surface area contributed by atoms with Gasteiger partial charge in [-0.2, -0.15) is 10.1 Å². The van der Waals surface area contributed by atoms with E-state index in [1.807, 2.05) is 27.7 Å². The maximum absolute atomic E-state index is 6.34. The molecule has 24 heavy (non-hydrogen) atoms. The summed E-state index contributed by atoms with van der Waals surface area (Å²) in [6.45, 7) is 8.40. The molecular formula is C16H18Cl2N6. The molecule has 0 fully saturated rings. The molecule has 0 aliphatic heterocycles. The highest BCUT2D eigenvalue weighted by Crippen LogP contribution is 2.30. The van der Waals surface area contributed by atoms with Crippen molar-refractivity contribution in [1.82, 2.24) is 24.7 Å². The molecule has 0 saturated carbocycles. The van der Waals surface area contributed by atoms with Crippen molar-refractivity contribution in [3.8, 4) is 0 Å². The van der Waals surface area contributed by atoms with Crippen LogP contribution in [0.5, 0.6) is 0 Å².